The third kappa shape index (κ3) is 4.45. The summed E-state index contributed by atoms with van der Waals surface area (Å²) in [4.78, 5) is 6.63. The zero-order chi connectivity index (χ0) is 19.6. The van der Waals surface area contributed by atoms with E-state index in [1.54, 1.807) is 23.0 Å². The van der Waals surface area contributed by atoms with Gasteiger partial charge in [0.05, 0.1) is 17.6 Å². The van der Waals surface area contributed by atoms with Crippen LogP contribution < -0.4 is 15.4 Å². The number of sulfonamides is 1. The van der Waals surface area contributed by atoms with E-state index in [1.165, 1.54) is 0 Å². The van der Waals surface area contributed by atoms with Gasteiger partial charge in [-0.2, -0.15) is 0 Å². The van der Waals surface area contributed by atoms with E-state index < -0.39 is 10.0 Å². The molecule has 1 aromatic carbocycles. The first-order valence-corrected chi connectivity index (χ1v) is 10.7. The molecule has 0 saturated carbocycles. The Morgan fingerprint density at radius 3 is 2.85 bits per heavy atom. The minimum absolute atomic E-state index is 0.152. The monoisotopic (exact) mass is 393 g/mol. The van der Waals surface area contributed by atoms with Gasteiger partial charge in [0.15, 0.2) is 5.71 Å². The number of hydrogen-bond donors (Lipinski definition) is 3. The van der Waals surface area contributed by atoms with Crippen LogP contribution in [0.5, 0.6) is 0 Å². The van der Waals surface area contributed by atoms with Crippen molar-refractivity contribution in [2.24, 2.45) is 21.7 Å². The van der Waals surface area contributed by atoms with Crippen LogP contribution in [0.3, 0.4) is 0 Å². The third-order valence-corrected chi connectivity index (χ3v) is 5.18. The standard InChI is InChI=1S/C17H24N6O3S/c1-3-23-17(18)16(9-19-23)20-14-5-4-13(8-15(14)21-27(2,25)26)22-7-6-12(10-22)11-24/h4-5,8-9,12,24H,3,6-7,10-11H2,1-2H3,(H2,18,19,21)/p+1. The maximum atomic E-state index is 11.8. The third-order valence-electron chi connectivity index (χ3n) is 4.59. The van der Waals surface area contributed by atoms with Gasteiger partial charge >= 0.3 is 5.84 Å². The maximum Gasteiger partial charge on any atom is 0.321 e. The Kier molecular flexibility index (Phi) is 5.47. The molecule has 2 heterocycles. The average molecular weight is 393 g/mol. The Labute approximate surface area is 159 Å². The number of benzene rings is 1. The first-order valence-electron chi connectivity index (χ1n) is 8.81. The van der Waals surface area contributed by atoms with Gasteiger partial charge in [-0.05, 0) is 31.5 Å². The molecule has 1 saturated heterocycles. The van der Waals surface area contributed by atoms with E-state index in [-0.39, 0.29) is 12.5 Å². The van der Waals surface area contributed by atoms with Crippen molar-refractivity contribution in [2.75, 3.05) is 42.1 Å². The van der Waals surface area contributed by atoms with Crippen molar-refractivity contribution < 1.29 is 18.2 Å². The summed E-state index contributed by atoms with van der Waals surface area (Å²) in [6.45, 7) is 4.25. The molecule has 0 radical (unpaired) electrons. The summed E-state index contributed by atoms with van der Waals surface area (Å²) < 4.78 is 27.8. The molecular formula is C17H25N6O3S+. The molecule has 0 amide bonds. The Morgan fingerprint density at radius 1 is 1.48 bits per heavy atom. The van der Waals surface area contributed by atoms with Crippen LogP contribution >= 0.6 is 0 Å². The number of aliphatic imine (C=N–C) groups is 1. The molecule has 1 aromatic rings. The molecule has 2 aliphatic heterocycles. The van der Waals surface area contributed by atoms with Gasteiger partial charge in [-0.25, -0.2) is 13.4 Å². The molecule has 4 N–H and O–H groups in total. The molecule has 146 valence electrons. The second kappa shape index (κ2) is 7.65. The lowest BCUT2D eigenvalue weighted by molar-refractivity contribution is -0.526. The van der Waals surface area contributed by atoms with Crippen molar-refractivity contribution >= 4 is 44.8 Å². The average Bonchev–Trinajstić information content (AvgIpc) is 3.22. The number of nitrogens with one attached hydrogen (secondary N) is 1. The van der Waals surface area contributed by atoms with Crippen molar-refractivity contribution in [3.63, 3.8) is 0 Å². The number of hydrazone groups is 1. The summed E-state index contributed by atoms with van der Waals surface area (Å²) >= 11 is 0. The fourth-order valence-electron chi connectivity index (χ4n) is 3.17. The molecule has 1 fully saturated rings. The van der Waals surface area contributed by atoms with E-state index >= 15 is 0 Å². The lowest BCUT2D eigenvalue weighted by Gasteiger charge is -2.20. The van der Waals surface area contributed by atoms with Gasteiger partial charge in [0, 0.05) is 31.3 Å². The van der Waals surface area contributed by atoms with Crippen LogP contribution in [0.2, 0.25) is 0 Å². The molecule has 0 aliphatic carbocycles. The molecule has 0 aromatic heterocycles. The predicted octanol–water partition coefficient (Wildman–Crippen LogP) is 0.338. The number of nitrogens with zero attached hydrogens (tertiary/aromatic N) is 4. The number of aliphatic hydroxyl groups excluding tert-OH is 1. The Morgan fingerprint density at radius 2 is 2.26 bits per heavy atom. The van der Waals surface area contributed by atoms with Crippen LogP contribution in [-0.4, -0.2) is 68.5 Å². The van der Waals surface area contributed by atoms with Crippen molar-refractivity contribution in [1.29, 1.82) is 0 Å². The minimum Gasteiger partial charge on any atom is -0.396 e. The van der Waals surface area contributed by atoms with Gasteiger partial charge in [0.25, 0.3) is 0 Å². The molecule has 2 aliphatic rings. The Hall–Kier alpha value is -2.46. The lowest BCUT2D eigenvalue weighted by Crippen LogP contribution is -2.28. The molecule has 0 bridgehead atoms. The largest absolute Gasteiger partial charge is 0.396 e. The van der Waals surface area contributed by atoms with Gasteiger partial charge in [-0.3, -0.25) is 10.5 Å². The highest BCUT2D eigenvalue weighted by atomic mass is 32.2. The maximum absolute atomic E-state index is 11.8. The first kappa shape index (κ1) is 19.3. The van der Waals surface area contributed by atoms with E-state index in [1.807, 2.05) is 13.0 Å². The molecule has 9 nitrogen and oxygen atoms in total. The summed E-state index contributed by atoms with van der Waals surface area (Å²) in [6, 6.07) is 5.42. The zero-order valence-electron chi connectivity index (χ0n) is 15.5. The quantitative estimate of drug-likeness (QED) is 0.601. The first-order chi connectivity index (χ1) is 12.8. The summed E-state index contributed by atoms with van der Waals surface area (Å²) in [5.41, 5.74) is 8.25. The van der Waals surface area contributed by atoms with E-state index in [0.717, 1.165) is 31.5 Å². The van der Waals surface area contributed by atoms with E-state index in [0.29, 0.717) is 29.5 Å². The second-order valence-corrected chi connectivity index (χ2v) is 8.45. The van der Waals surface area contributed by atoms with Crippen LogP contribution in [0.25, 0.3) is 0 Å². The topological polar surface area (TPSA) is 123 Å². The number of anilines is 2. The van der Waals surface area contributed by atoms with Gasteiger partial charge in [0.2, 0.25) is 10.0 Å². The second-order valence-electron chi connectivity index (χ2n) is 6.70. The highest BCUT2D eigenvalue weighted by molar-refractivity contribution is 7.92. The van der Waals surface area contributed by atoms with Crippen LogP contribution in [0.4, 0.5) is 17.1 Å². The Balaban J connectivity index is 1.97. The molecule has 3 rings (SSSR count). The van der Waals surface area contributed by atoms with E-state index in [9.17, 15) is 13.5 Å². The number of amidine groups is 1. The van der Waals surface area contributed by atoms with Crippen LogP contribution in [0, 0.1) is 5.92 Å². The van der Waals surface area contributed by atoms with Gasteiger partial charge in [0.1, 0.15) is 12.8 Å². The summed E-state index contributed by atoms with van der Waals surface area (Å²) in [5.74, 6) is 0.664. The van der Waals surface area contributed by atoms with Gasteiger partial charge < -0.3 is 10.0 Å². The van der Waals surface area contributed by atoms with Crippen molar-refractivity contribution in [3.8, 4) is 0 Å². The SMILES string of the molecule is CC[N+]1=C(N)C(=Nc2ccc(N3CCC(CO)C3)cc2NS(C)(=O)=O)C=N1. The molecule has 0 spiro atoms. The summed E-state index contributed by atoms with van der Waals surface area (Å²) in [5, 5.41) is 13.5. The highest BCUT2D eigenvalue weighted by Crippen LogP contribution is 2.33. The van der Waals surface area contributed by atoms with Crippen LogP contribution in [0.15, 0.2) is 28.3 Å². The number of nitrogens with two attached hydrogens (primary N) is 1. The van der Waals surface area contributed by atoms with Crippen molar-refractivity contribution in [1.82, 2.24) is 0 Å². The number of aliphatic hydroxyl groups is 1. The fraction of sp³-hybridized carbons (Fsp3) is 0.471. The number of hydrogen-bond acceptors (Lipinski definition) is 7. The van der Waals surface area contributed by atoms with Crippen LogP contribution in [0.1, 0.15) is 13.3 Å². The molecular weight excluding hydrogens is 368 g/mol. The summed E-state index contributed by atoms with van der Waals surface area (Å²) in [6.07, 6.45) is 3.57. The highest BCUT2D eigenvalue weighted by Gasteiger charge is 2.24. The van der Waals surface area contributed by atoms with Gasteiger partial charge in [-0.15, -0.1) is 4.68 Å². The number of rotatable bonds is 6. The fourth-order valence-corrected chi connectivity index (χ4v) is 3.73. The zero-order valence-corrected chi connectivity index (χ0v) is 16.3. The van der Waals surface area contributed by atoms with Crippen molar-refractivity contribution in [2.45, 2.75) is 13.3 Å². The van der Waals surface area contributed by atoms with Crippen molar-refractivity contribution in [3.05, 3.63) is 18.2 Å². The molecule has 27 heavy (non-hydrogen) atoms. The van der Waals surface area contributed by atoms with Crippen LogP contribution in [-0.2, 0) is 10.0 Å². The Bertz CT molecular complexity index is 923. The predicted molar refractivity (Wildman–Crippen MR) is 108 cm³/mol. The smallest absolute Gasteiger partial charge is 0.321 e. The molecule has 1 unspecified atom stereocenters. The summed E-state index contributed by atoms with van der Waals surface area (Å²) in [7, 11) is -3.48. The lowest BCUT2D eigenvalue weighted by atomic mass is 10.1. The molecule has 10 heteroatoms. The van der Waals surface area contributed by atoms with E-state index in [2.05, 4.69) is 19.7 Å². The van der Waals surface area contributed by atoms with Gasteiger partial charge in [-0.1, -0.05) is 5.10 Å². The minimum atomic E-state index is -3.48. The normalized spacial score (nSPS) is 21.5. The van der Waals surface area contributed by atoms with E-state index in [4.69, 9.17) is 5.73 Å². The molecule has 1 atom stereocenters.